The van der Waals surface area contributed by atoms with Crippen molar-refractivity contribution in [2.24, 2.45) is 0 Å². The molecule has 0 aromatic heterocycles. The number of nitrogens with zero attached hydrogens (tertiary/aromatic N) is 3. The Kier molecular flexibility index (Phi) is 7.33. The molecular formula is C19H20ClF6N3O3. The normalized spacial score (nSPS) is 17.8. The van der Waals surface area contributed by atoms with Gasteiger partial charge in [-0.1, -0.05) is 17.7 Å². The Morgan fingerprint density at radius 1 is 1.03 bits per heavy atom. The summed E-state index contributed by atoms with van der Waals surface area (Å²) in [6, 6.07) is 5.40. The standard InChI is InChI=1S/C19H20ClF6N3O3/c20-14-2-1-13(15(11-14)28-7-9-31-10-8-28)12-27-3-5-29(6-4-27)17(30)32-16(18(21,22)23)19(24,25)26/h1-3,5,11,16H,4,6-10,12H2. The highest BCUT2D eigenvalue weighted by atomic mass is 35.5. The predicted octanol–water partition coefficient (Wildman–Crippen LogP) is 4.40. The van der Waals surface area contributed by atoms with Crippen LogP contribution in [-0.2, 0) is 16.0 Å². The lowest BCUT2D eigenvalue weighted by Gasteiger charge is -2.34. The van der Waals surface area contributed by atoms with Crippen LogP contribution >= 0.6 is 11.6 Å². The van der Waals surface area contributed by atoms with Crippen LogP contribution in [0.2, 0.25) is 5.02 Å². The maximum absolute atomic E-state index is 12.6. The van der Waals surface area contributed by atoms with Gasteiger partial charge in [0.1, 0.15) is 0 Å². The quantitative estimate of drug-likeness (QED) is 0.589. The summed E-state index contributed by atoms with van der Waals surface area (Å²) in [7, 11) is 0. The van der Waals surface area contributed by atoms with Gasteiger partial charge in [-0.15, -0.1) is 0 Å². The van der Waals surface area contributed by atoms with E-state index in [4.69, 9.17) is 16.3 Å². The molecule has 32 heavy (non-hydrogen) atoms. The summed E-state index contributed by atoms with van der Waals surface area (Å²) in [6.45, 7) is 2.95. The van der Waals surface area contributed by atoms with E-state index in [1.165, 1.54) is 6.20 Å². The number of hydrogen-bond donors (Lipinski definition) is 0. The lowest BCUT2D eigenvalue weighted by atomic mass is 10.1. The zero-order valence-electron chi connectivity index (χ0n) is 16.6. The number of ether oxygens (including phenoxy) is 2. The first-order valence-electron chi connectivity index (χ1n) is 9.59. The van der Waals surface area contributed by atoms with Crippen molar-refractivity contribution in [1.82, 2.24) is 9.80 Å². The van der Waals surface area contributed by atoms with E-state index in [-0.39, 0.29) is 13.1 Å². The van der Waals surface area contributed by atoms with E-state index < -0.39 is 24.5 Å². The molecule has 13 heteroatoms. The third kappa shape index (κ3) is 6.12. The molecule has 0 unspecified atom stereocenters. The number of carbonyl (C=O) groups excluding carboxylic acids is 1. The van der Waals surface area contributed by atoms with Crippen LogP contribution in [0.25, 0.3) is 0 Å². The zero-order chi connectivity index (χ0) is 23.5. The molecule has 2 heterocycles. The predicted molar refractivity (Wildman–Crippen MR) is 103 cm³/mol. The fourth-order valence-electron chi connectivity index (χ4n) is 3.32. The van der Waals surface area contributed by atoms with Gasteiger partial charge in [0.05, 0.1) is 13.2 Å². The molecule has 0 radical (unpaired) electrons. The van der Waals surface area contributed by atoms with Gasteiger partial charge in [-0.05, 0) is 17.7 Å². The van der Waals surface area contributed by atoms with E-state index in [0.717, 1.165) is 17.5 Å². The molecule has 178 valence electrons. The van der Waals surface area contributed by atoms with Gasteiger partial charge in [-0.3, -0.25) is 4.90 Å². The van der Waals surface area contributed by atoms with Crippen molar-refractivity contribution in [2.45, 2.75) is 25.0 Å². The van der Waals surface area contributed by atoms with Crippen molar-refractivity contribution in [1.29, 1.82) is 0 Å². The Labute approximate surface area is 184 Å². The van der Waals surface area contributed by atoms with Gasteiger partial charge < -0.3 is 19.3 Å². The topological polar surface area (TPSA) is 45.2 Å². The van der Waals surface area contributed by atoms with E-state index in [1.54, 1.807) is 11.0 Å². The van der Waals surface area contributed by atoms with Crippen LogP contribution in [0.4, 0.5) is 36.8 Å². The molecule has 3 rings (SSSR count). The van der Waals surface area contributed by atoms with Crippen LogP contribution in [0.3, 0.4) is 0 Å². The third-order valence-corrected chi connectivity index (χ3v) is 5.14. The van der Waals surface area contributed by atoms with E-state index >= 15 is 0 Å². The SMILES string of the molecule is O=C(OC(C(F)(F)F)C(F)(F)F)N1C=CN(Cc2ccc(Cl)cc2N2CCOCC2)CC1. The van der Waals surface area contributed by atoms with Crippen LogP contribution in [0.15, 0.2) is 30.6 Å². The lowest BCUT2D eigenvalue weighted by Crippen LogP contribution is -2.48. The molecule has 1 amide bonds. The summed E-state index contributed by atoms with van der Waals surface area (Å²) in [5, 5.41) is 0.558. The van der Waals surface area contributed by atoms with Gasteiger partial charge in [0, 0.05) is 55.8 Å². The summed E-state index contributed by atoms with van der Waals surface area (Å²) < 4.78 is 84.7. The van der Waals surface area contributed by atoms with Crippen molar-refractivity contribution < 1.29 is 40.6 Å². The molecule has 0 aliphatic carbocycles. The first-order valence-corrected chi connectivity index (χ1v) is 9.97. The first kappa shape index (κ1) is 24.3. The summed E-state index contributed by atoms with van der Waals surface area (Å²) in [5.74, 6) is 0. The average Bonchev–Trinajstić information content (AvgIpc) is 2.72. The lowest BCUT2D eigenvalue weighted by molar-refractivity contribution is -0.308. The number of amides is 1. The van der Waals surface area contributed by atoms with E-state index in [0.29, 0.717) is 42.8 Å². The minimum absolute atomic E-state index is 0.141. The van der Waals surface area contributed by atoms with E-state index in [2.05, 4.69) is 9.64 Å². The highest BCUT2D eigenvalue weighted by Gasteiger charge is 2.60. The smallest absolute Gasteiger partial charge is 0.426 e. The number of halogens is 7. The minimum atomic E-state index is -5.76. The van der Waals surface area contributed by atoms with Gasteiger partial charge in [0.25, 0.3) is 6.10 Å². The van der Waals surface area contributed by atoms with Crippen LogP contribution < -0.4 is 4.90 Å². The highest BCUT2D eigenvalue weighted by Crippen LogP contribution is 2.36. The second-order valence-corrected chi connectivity index (χ2v) is 7.62. The Morgan fingerprint density at radius 3 is 2.25 bits per heavy atom. The molecule has 1 aromatic rings. The van der Waals surface area contributed by atoms with Crippen LogP contribution in [0, 0.1) is 0 Å². The van der Waals surface area contributed by atoms with Crippen LogP contribution in [-0.4, -0.2) is 73.7 Å². The average molecular weight is 488 g/mol. The Morgan fingerprint density at radius 2 is 1.69 bits per heavy atom. The molecule has 0 bridgehead atoms. The van der Waals surface area contributed by atoms with Crippen molar-refractivity contribution in [2.75, 3.05) is 44.3 Å². The maximum Gasteiger partial charge on any atom is 0.434 e. The second-order valence-electron chi connectivity index (χ2n) is 7.18. The number of anilines is 1. The van der Waals surface area contributed by atoms with Crippen molar-refractivity contribution in [3.8, 4) is 0 Å². The first-order chi connectivity index (χ1) is 14.9. The van der Waals surface area contributed by atoms with Gasteiger partial charge in [-0.2, -0.15) is 26.3 Å². The number of morpholine rings is 1. The minimum Gasteiger partial charge on any atom is -0.426 e. The van der Waals surface area contributed by atoms with E-state index in [1.807, 2.05) is 12.1 Å². The molecule has 1 saturated heterocycles. The molecule has 1 aromatic carbocycles. The van der Waals surface area contributed by atoms with Gasteiger partial charge >= 0.3 is 18.4 Å². The van der Waals surface area contributed by atoms with Crippen molar-refractivity contribution in [3.05, 3.63) is 41.2 Å². The Hall–Kier alpha value is -2.34. The molecular weight excluding hydrogens is 468 g/mol. The number of rotatable bonds is 4. The second kappa shape index (κ2) is 9.65. The van der Waals surface area contributed by atoms with Crippen molar-refractivity contribution >= 4 is 23.4 Å². The summed E-state index contributed by atoms with van der Waals surface area (Å²) in [5.41, 5.74) is 1.83. The van der Waals surface area contributed by atoms with Gasteiger partial charge in [-0.25, -0.2) is 4.79 Å². The number of hydrogen-bond acceptors (Lipinski definition) is 5. The third-order valence-electron chi connectivity index (χ3n) is 4.91. The Bertz CT molecular complexity index is 829. The highest BCUT2D eigenvalue weighted by molar-refractivity contribution is 6.30. The summed E-state index contributed by atoms with van der Waals surface area (Å²) in [6.07, 6.45) is -14.9. The molecule has 0 atom stereocenters. The van der Waals surface area contributed by atoms with Crippen LogP contribution in [0.1, 0.15) is 5.56 Å². The molecule has 2 aliphatic heterocycles. The van der Waals surface area contributed by atoms with Crippen LogP contribution in [0.5, 0.6) is 0 Å². The van der Waals surface area contributed by atoms with E-state index in [9.17, 15) is 31.1 Å². The maximum atomic E-state index is 12.6. The van der Waals surface area contributed by atoms with Gasteiger partial charge in [0.2, 0.25) is 0 Å². The van der Waals surface area contributed by atoms with Gasteiger partial charge in [0.15, 0.2) is 0 Å². The molecule has 6 nitrogen and oxygen atoms in total. The zero-order valence-corrected chi connectivity index (χ0v) is 17.4. The molecule has 0 N–H and O–H groups in total. The monoisotopic (exact) mass is 487 g/mol. The molecule has 0 saturated carbocycles. The largest absolute Gasteiger partial charge is 0.434 e. The number of carbonyl (C=O) groups is 1. The number of benzene rings is 1. The fraction of sp³-hybridized carbons (Fsp3) is 0.526. The number of alkyl halides is 6. The molecule has 2 aliphatic rings. The summed E-state index contributed by atoms with van der Waals surface area (Å²) >= 11 is 6.13. The molecule has 0 spiro atoms. The molecule has 1 fully saturated rings. The Balaban J connectivity index is 1.65. The summed E-state index contributed by atoms with van der Waals surface area (Å²) in [4.78, 5) is 16.4. The van der Waals surface area contributed by atoms with Crippen molar-refractivity contribution in [3.63, 3.8) is 0 Å². The fourth-order valence-corrected chi connectivity index (χ4v) is 3.49.